The Hall–Kier alpha value is -3.03. The van der Waals surface area contributed by atoms with Crippen LogP contribution in [0.3, 0.4) is 0 Å². The van der Waals surface area contributed by atoms with Crippen LogP contribution in [-0.2, 0) is 6.54 Å². The van der Waals surface area contributed by atoms with E-state index in [0.29, 0.717) is 5.56 Å². The Morgan fingerprint density at radius 2 is 1.57 bits per heavy atom. The molecule has 2 rings (SSSR count). The SMILES string of the molecule is O=[N+]([O-])c1ccccc1CNc1c(F)cccc1[N+](=O)[O-]. The highest BCUT2D eigenvalue weighted by Gasteiger charge is 2.19. The maximum Gasteiger partial charge on any atom is 0.295 e. The lowest BCUT2D eigenvalue weighted by atomic mass is 10.1. The maximum atomic E-state index is 13.7. The van der Waals surface area contributed by atoms with Crippen molar-refractivity contribution in [2.24, 2.45) is 0 Å². The number of halogens is 1. The summed E-state index contributed by atoms with van der Waals surface area (Å²) in [6.45, 7) is -0.0983. The molecule has 8 heteroatoms. The van der Waals surface area contributed by atoms with E-state index in [1.54, 1.807) is 6.07 Å². The van der Waals surface area contributed by atoms with Crippen molar-refractivity contribution in [1.29, 1.82) is 0 Å². The average molecular weight is 291 g/mol. The first kappa shape index (κ1) is 14.4. The molecular formula is C13H10FN3O4. The van der Waals surface area contributed by atoms with Crippen LogP contribution in [0.15, 0.2) is 42.5 Å². The molecule has 0 atom stereocenters. The summed E-state index contributed by atoms with van der Waals surface area (Å²) in [6, 6.07) is 9.38. The van der Waals surface area contributed by atoms with Crippen LogP contribution in [-0.4, -0.2) is 9.85 Å². The minimum atomic E-state index is -0.789. The van der Waals surface area contributed by atoms with Gasteiger partial charge in [0.15, 0.2) is 5.82 Å². The van der Waals surface area contributed by atoms with Gasteiger partial charge in [0.1, 0.15) is 5.69 Å². The summed E-state index contributed by atoms with van der Waals surface area (Å²) in [5.74, 6) is -0.789. The molecule has 0 heterocycles. The van der Waals surface area contributed by atoms with Crippen molar-refractivity contribution in [3.8, 4) is 0 Å². The third kappa shape index (κ3) is 3.11. The summed E-state index contributed by atoms with van der Waals surface area (Å²) in [7, 11) is 0. The number of anilines is 1. The topological polar surface area (TPSA) is 98.3 Å². The second kappa shape index (κ2) is 5.95. The number of nitro groups is 2. The predicted molar refractivity (Wildman–Crippen MR) is 73.5 cm³/mol. The molecule has 108 valence electrons. The summed E-state index contributed by atoms with van der Waals surface area (Å²) < 4.78 is 13.7. The average Bonchev–Trinajstić information content (AvgIpc) is 2.45. The lowest BCUT2D eigenvalue weighted by Crippen LogP contribution is -2.06. The number of hydrogen-bond donors (Lipinski definition) is 1. The van der Waals surface area contributed by atoms with E-state index in [2.05, 4.69) is 5.32 Å². The second-order valence-electron chi connectivity index (χ2n) is 4.13. The number of rotatable bonds is 5. The van der Waals surface area contributed by atoms with E-state index in [1.165, 1.54) is 24.3 Å². The van der Waals surface area contributed by atoms with E-state index < -0.39 is 21.4 Å². The molecule has 0 amide bonds. The van der Waals surface area contributed by atoms with Gasteiger partial charge in [0.2, 0.25) is 0 Å². The smallest absolute Gasteiger partial charge is 0.295 e. The van der Waals surface area contributed by atoms with E-state index in [1.807, 2.05) is 0 Å². The largest absolute Gasteiger partial charge is 0.373 e. The van der Waals surface area contributed by atoms with Crippen LogP contribution in [0.5, 0.6) is 0 Å². The van der Waals surface area contributed by atoms with E-state index >= 15 is 0 Å². The first-order valence-electron chi connectivity index (χ1n) is 5.89. The predicted octanol–water partition coefficient (Wildman–Crippen LogP) is 3.25. The van der Waals surface area contributed by atoms with Gasteiger partial charge in [0.05, 0.1) is 9.85 Å². The lowest BCUT2D eigenvalue weighted by molar-refractivity contribution is -0.385. The van der Waals surface area contributed by atoms with Gasteiger partial charge < -0.3 is 5.32 Å². The number of nitrogens with one attached hydrogen (secondary N) is 1. The molecule has 7 nitrogen and oxygen atoms in total. The molecule has 0 saturated heterocycles. The fourth-order valence-electron chi connectivity index (χ4n) is 1.86. The van der Waals surface area contributed by atoms with Crippen molar-refractivity contribution in [3.05, 3.63) is 74.1 Å². The highest BCUT2D eigenvalue weighted by Crippen LogP contribution is 2.28. The molecule has 0 aliphatic heterocycles. The number of benzene rings is 2. The monoisotopic (exact) mass is 291 g/mol. The van der Waals surface area contributed by atoms with E-state index in [4.69, 9.17) is 0 Å². The van der Waals surface area contributed by atoms with E-state index in [-0.39, 0.29) is 17.9 Å². The summed E-state index contributed by atoms with van der Waals surface area (Å²) in [5, 5.41) is 24.3. The minimum absolute atomic E-state index is 0.0983. The standard InChI is InChI=1S/C13H10FN3O4/c14-10-5-3-7-12(17(20)21)13(10)15-8-9-4-1-2-6-11(9)16(18)19/h1-7,15H,8H2. The van der Waals surface area contributed by atoms with Crippen molar-refractivity contribution < 1.29 is 14.2 Å². The normalized spacial score (nSPS) is 10.1. The van der Waals surface area contributed by atoms with Crippen molar-refractivity contribution in [2.75, 3.05) is 5.32 Å². The second-order valence-corrected chi connectivity index (χ2v) is 4.13. The molecule has 0 aliphatic carbocycles. The first-order valence-corrected chi connectivity index (χ1v) is 5.89. The first-order chi connectivity index (χ1) is 10.0. The van der Waals surface area contributed by atoms with Gasteiger partial charge in [-0.25, -0.2) is 4.39 Å². The Balaban J connectivity index is 2.29. The van der Waals surface area contributed by atoms with Gasteiger partial charge in [0.25, 0.3) is 11.4 Å². The Labute approximate surface area is 118 Å². The van der Waals surface area contributed by atoms with Crippen molar-refractivity contribution >= 4 is 17.1 Å². The van der Waals surface area contributed by atoms with Crippen LogP contribution < -0.4 is 5.32 Å². The number of nitro benzene ring substituents is 2. The highest BCUT2D eigenvalue weighted by atomic mass is 19.1. The summed E-state index contributed by atoms with van der Waals surface area (Å²) in [4.78, 5) is 20.4. The molecule has 0 unspecified atom stereocenters. The molecule has 2 aromatic rings. The van der Waals surface area contributed by atoms with Crippen LogP contribution in [0, 0.1) is 26.0 Å². The molecule has 0 radical (unpaired) electrons. The Bertz CT molecular complexity index is 706. The molecule has 0 bridgehead atoms. The van der Waals surface area contributed by atoms with E-state index in [9.17, 15) is 24.6 Å². The number of para-hydroxylation sites is 2. The van der Waals surface area contributed by atoms with Gasteiger partial charge in [-0.1, -0.05) is 24.3 Å². The quantitative estimate of drug-likeness (QED) is 0.673. The minimum Gasteiger partial charge on any atom is -0.373 e. The fraction of sp³-hybridized carbons (Fsp3) is 0.0769. The molecular weight excluding hydrogens is 281 g/mol. The highest BCUT2D eigenvalue weighted by molar-refractivity contribution is 5.62. The fourth-order valence-corrected chi connectivity index (χ4v) is 1.86. The van der Waals surface area contributed by atoms with Gasteiger partial charge in [-0.3, -0.25) is 20.2 Å². The van der Waals surface area contributed by atoms with E-state index in [0.717, 1.165) is 12.1 Å². The molecule has 21 heavy (non-hydrogen) atoms. The molecule has 2 aromatic carbocycles. The molecule has 1 N–H and O–H groups in total. The zero-order valence-electron chi connectivity index (χ0n) is 10.7. The van der Waals surface area contributed by atoms with Crippen molar-refractivity contribution in [3.63, 3.8) is 0 Å². The lowest BCUT2D eigenvalue weighted by Gasteiger charge is -2.08. The Morgan fingerprint density at radius 3 is 2.24 bits per heavy atom. The van der Waals surface area contributed by atoms with Gasteiger partial charge in [-0.2, -0.15) is 0 Å². The van der Waals surface area contributed by atoms with Crippen LogP contribution in [0.1, 0.15) is 5.56 Å². The zero-order chi connectivity index (χ0) is 15.4. The van der Waals surface area contributed by atoms with Gasteiger partial charge in [-0.15, -0.1) is 0 Å². The van der Waals surface area contributed by atoms with Crippen LogP contribution in [0.4, 0.5) is 21.5 Å². The van der Waals surface area contributed by atoms with Crippen molar-refractivity contribution in [2.45, 2.75) is 6.54 Å². The summed E-state index contributed by atoms with van der Waals surface area (Å²) >= 11 is 0. The van der Waals surface area contributed by atoms with Gasteiger partial charge >= 0.3 is 0 Å². The zero-order valence-corrected chi connectivity index (χ0v) is 10.7. The van der Waals surface area contributed by atoms with Crippen LogP contribution in [0.25, 0.3) is 0 Å². The molecule has 0 fully saturated rings. The van der Waals surface area contributed by atoms with Gasteiger partial charge in [0, 0.05) is 24.2 Å². The Kier molecular flexibility index (Phi) is 4.07. The maximum absolute atomic E-state index is 13.7. The number of nitrogens with zero attached hydrogens (tertiary/aromatic N) is 2. The summed E-state index contributed by atoms with van der Waals surface area (Å²) in [6.07, 6.45) is 0. The van der Waals surface area contributed by atoms with Gasteiger partial charge in [-0.05, 0) is 6.07 Å². The molecule has 0 saturated carbocycles. The number of hydrogen-bond acceptors (Lipinski definition) is 5. The van der Waals surface area contributed by atoms with Crippen LogP contribution >= 0.6 is 0 Å². The molecule has 0 aromatic heterocycles. The summed E-state index contributed by atoms with van der Waals surface area (Å²) in [5.41, 5.74) is -0.543. The third-order valence-corrected chi connectivity index (χ3v) is 2.83. The Morgan fingerprint density at radius 1 is 0.952 bits per heavy atom. The third-order valence-electron chi connectivity index (χ3n) is 2.83. The molecule has 0 spiro atoms. The van der Waals surface area contributed by atoms with Crippen molar-refractivity contribution in [1.82, 2.24) is 0 Å². The molecule has 0 aliphatic rings. The van der Waals surface area contributed by atoms with Crippen LogP contribution in [0.2, 0.25) is 0 Å².